The molecule has 1 aliphatic rings. The van der Waals surface area contributed by atoms with Gasteiger partial charge >= 0.3 is 0 Å². The van der Waals surface area contributed by atoms with Gasteiger partial charge < -0.3 is 10.4 Å². The fraction of sp³-hybridized carbons (Fsp3) is 0.571. The van der Waals surface area contributed by atoms with E-state index in [1.807, 2.05) is 6.07 Å². The molecular formula is C14H20N2O3. The molecule has 5 heteroatoms. The summed E-state index contributed by atoms with van der Waals surface area (Å²) >= 11 is 0. The standard InChI is InChI=1S/C14H20N2O3/c17-14-7-3-5-12(14)10-15-9-8-11-4-1-2-6-13(11)16(18)19/h1-2,4,6,12,14-15,17H,3,5,7-10H2. The number of benzene rings is 1. The summed E-state index contributed by atoms with van der Waals surface area (Å²) in [7, 11) is 0. The van der Waals surface area contributed by atoms with E-state index < -0.39 is 0 Å². The zero-order valence-electron chi connectivity index (χ0n) is 10.9. The van der Waals surface area contributed by atoms with E-state index in [1.165, 1.54) is 6.07 Å². The van der Waals surface area contributed by atoms with Gasteiger partial charge in [0.05, 0.1) is 11.0 Å². The van der Waals surface area contributed by atoms with Crippen LogP contribution in [0.1, 0.15) is 24.8 Å². The van der Waals surface area contributed by atoms with E-state index in [4.69, 9.17) is 0 Å². The second-order valence-electron chi connectivity index (χ2n) is 5.10. The third-order valence-corrected chi connectivity index (χ3v) is 3.78. The molecule has 1 fully saturated rings. The van der Waals surface area contributed by atoms with E-state index >= 15 is 0 Å². The lowest BCUT2D eigenvalue weighted by molar-refractivity contribution is -0.385. The van der Waals surface area contributed by atoms with Gasteiger partial charge in [-0.1, -0.05) is 24.6 Å². The maximum absolute atomic E-state index is 10.9. The number of nitro groups is 1. The highest BCUT2D eigenvalue weighted by molar-refractivity contribution is 5.39. The van der Waals surface area contributed by atoms with Gasteiger partial charge in [0.15, 0.2) is 0 Å². The lowest BCUT2D eigenvalue weighted by atomic mass is 10.1. The molecule has 0 heterocycles. The van der Waals surface area contributed by atoms with E-state index in [-0.39, 0.29) is 16.7 Å². The number of aliphatic hydroxyl groups excluding tert-OH is 1. The van der Waals surface area contributed by atoms with Crippen LogP contribution in [0, 0.1) is 16.0 Å². The van der Waals surface area contributed by atoms with Crippen LogP contribution in [0.2, 0.25) is 0 Å². The van der Waals surface area contributed by atoms with E-state index in [9.17, 15) is 15.2 Å². The number of nitrogens with zero attached hydrogens (tertiary/aromatic N) is 1. The largest absolute Gasteiger partial charge is 0.393 e. The third-order valence-electron chi connectivity index (χ3n) is 3.78. The number of nitrogens with one attached hydrogen (secondary N) is 1. The molecular weight excluding hydrogens is 244 g/mol. The summed E-state index contributed by atoms with van der Waals surface area (Å²) in [5.74, 6) is 0.339. The summed E-state index contributed by atoms with van der Waals surface area (Å²) in [6, 6.07) is 6.84. The maximum Gasteiger partial charge on any atom is 0.272 e. The predicted octanol–water partition coefficient (Wildman–Crippen LogP) is 1.89. The first kappa shape index (κ1) is 14.0. The van der Waals surface area contributed by atoms with E-state index in [2.05, 4.69) is 5.32 Å². The fourth-order valence-corrected chi connectivity index (χ4v) is 2.67. The van der Waals surface area contributed by atoms with Gasteiger partial charge in [-0.05, 0) is 31.7 Å². The van der Waals surface area contributed by atoms with E-state index in [1.54, 1.807) is 12.1 Å². The molecule has 5 nitrogen and oxygen atoms in total. The monoisotopic (exact) mass is 264 g/mol. The molecule has 1 aromatic rings. The summed E-state index contributed by atoms with van der Waals surface area (Å²) in [5, 5.41) is 23.8. The van der Waals surface area contributed by atoms with Crippen LogP contribution in [-0.4, -0.2) is 29.2 Å². The minimum atomic E-state index is -0.337. The highest BCUT2D eigenvalue weighted by atomic mass is 16.6. The average molecular weight is 264 g/mol. The fourth-order valence-electron chi connectivity index (χ4n) is 2.67. The average Bonchev–Trinajstić information content (AvgIpc) is 2.80. The van der Waals surface area contributed by atoms with Crippen LogP contribution in [0.25, 0.3) is 0 Å². The highest BCUT2D eigenvalue weighted by Crippen LogP contribution is 2.24. The second kappa shape index (κ2) is 6.63. The van der Waals surface area contributed by atoms with Crippen molar-refractivity contribution < 1.29 is 10.0 Å². The molecule has 0 radical (unpaired) electrons. The molecule has 2 rings (SSSR count). The Morgan fingerprint density at radius 1 is 1.37 bits per heavy atom. The summed E-state index contributed by atoms with van der Waals surface area (Å²) < 4.78 is 0. The molecule has 0 bridgehead atoms. The topological polar surface area (TPSA) is 75.4 Å². The number of hydrogen-bond acceptors (Lipinski definition) is 4. The molecule has 0 aliphatic heterocycles. The molecule has 0 amide bonds. The molecule has 0 saturated heterocycles. The number of para-hydroxylation sites is 1. The van der Waals surface area contributed by atoms with Crippen molar-refractivity contribution in [3.63, 3.8) is 0 Å². The van der Waals surface area contributed by atoms with Gasteiger partial charge in [-0.15, -0.1) is 0 Å². The number of aliphatic hydroxyl groups is 1. The first-order chi connectivity index (χ1) is 9.18. The lowest BCUT2D eigenvalue weighted by Crippen LogP contribution is -2.29. The van der Waals surface area contributed by atoms with Gasteiger partial charge in [0.25, 0.3) is 5.69 Å². The van der Waals surface area contributed by atoms with Gasteiger partial charge in [0, 0.05) is 18.2 Å². The van der Waals surface area contributed by atoms with Crippen LogP contribution in [0.5, 0.6) is 0 Å². The van der Waals surface area contributed by atoms with E-state index in [0.29, 0.717) is 18.9 Å². The van der Waals surface area contributed by atoms with Crippen LogP contribution >= 0.6 is 0 Å². The van der Waals surface area contributed by atoms with Gasteiger partial charge in [-0.2, -0.15) is 0 Å². The first-order valence-corrected chi connectivity index (χ1v) is 6.79. The molecule has 0 spiro atoms. The van der Waals surface area contributed by atoms with Gasteiger partial charge in [-0.25, -0.2) is 0 Å². The van der Waals surface area contributed by atoms with Crippen molar-refractivity contribution in [1.82, 2.24) is 5.32 Å². The Hall–Kier alpha value is -1.46. The molecule has 1 saturated carbocycles. The smallest absolute Gasteiger partial charge is 0.272 e. The van der Waals surface area contributed by atoms with Crippen LogP contribution in [0.3, 0.4) is 0 Å². The molecule has 104 valence electrons. The van der Waals surface area contributed by atoms with Crippen molar-refractivity contribution in [2.45, 2.75) is 31.8 Å². The number of nitro benzene ring substituents is 1. The van der Waals surface area contributed by atoms with Crippen LogP contribution in [0.4, 0.5) is 5.69 Å². The Labute approximate surface area is 112 Å². The quantitative estimate of drug-likeness (QED) is 0.467. The van der Waals surface area contributed by atoms with Crippen molar-refractivity contribution in [2.75, 3.05) is 13.1 Å². The van der Waals surface area contributed by atoms with Crippen LogP contribution in [0.15, 0.2) is 24.3 Å². The first-order valence-electron chi connectivity index (χ1n) is 6.79. The van der Waals surface area contributed by atoms with Crippen LogP contribution < -0.4 is 5.32 Å². The van der Waals surface area contributed by atoms with Gasteiger partial charge in [0.2, 0.25) is 0 Å². The molecule has 0 aromatic heterocycles. The highest BCUT2D eigenvalue weighted by Gasteiger charge is 2.24. The minimum absolute atomic E-state index is 0.182. The number of hydrogen-bond donors (Lipinski definition) is 2. The summed E-state index contributed by atoms with van der Waals surface area (Å²) in [6.07, 6.45) is 3.52. The number of rotatable bonds is 6. The van der Waals surface area contributed by atoms with Crippen molar-refractivity contribution in [3.8, 4) is 0 Å². The molecule has 2 N–H and O–H groups in total. The Balaban J connectivity index is 1.78. The lowest BCUT2D eigenvalue weighted by Gasteiger charge is -2.14. The molecule has 1 aliphatic carbocycles. The normalized spacial score (nSPS) is 22.6. The Bertz CT molecular complexity index is 436. The molecule has 2 atom stereocenters. The third kappa shape index (κ3) is 3.75. The molecule has 1 aromatic carbocycles. The van der Waals surface area contributed by atoms with Gasteiger partial charge in [-0.3, -0.25) is 10.1 Å². The summed E-state index contributed by atoms with van der Waals surface area (Å²) in [6.45, 7) is 1.50. The van der Waals surface area contributed by atoms with Crippen molar-refractivity contribution in [3.05, 3.63) is 39.9 Å². The van der Waals surface area contributed by atoms with Crippen molar-refractivity contribution in [2.24, 2.45) is 5.92 Å². The molecule has 19 heavy (non-hydrogen) atoms. The van der Waals surface area contributed by atoms with Crippen molar-refractivity contribution >= 4 is 5.69 Å². The molecule has 2 unspecified atom stereocenters. The minimum Gasteiger partial charge on any atom is -0.393 e. The van der Waals surface area contributed by atoms with E-state index in [0.717, 1.165) is 31.4 Å². The Kier molecular flexibility index (Phi) is 4.87. The van der Waals surface area contributed by atoms with Crippen LogP contribution in [-0.2, 0) is 6.42 Å². The van der Waals surface area contributed by atoms with Gasteiger partial charge in [0.1, 0.15) is 0 Å². The Morgan fingerprint density at radius 3 is 2.84 bits per heavy atom. The summed E-state index contributed by atoms with van der Waals surface area (Å²) in [5.41, 5.74) is 0.942. The summed E-state index contributed by atoms with van der Waals surface area (Å²) in [4.78, 5) is 10.5. The predicted molar refractivity (Wildman–Crippen MR) is 73.0 cm³/mol. The second-order valence-corrected chi connectivity index (χ2v) is 5.10. The Morgan fingerprint density at radius 2 is 2.16 bits per heavy atom. The zero-order valence-corrected chi connectivity index (χ0v) is 10.9. The maximum atomic E-state index is 10.9. The zero-order chi connectivity index (χ0) is 13.7. The van der Waals surface area contributed by atoms with Crippen molar-refractivity contribution in [1.29, 1.82) is 0 Å². The SMILES string of the molecule is O=[N+]([O-])c1ccccc1CCNCC1CCCC1O.